The van der Waals surface area contributed by atoms with Crippen molar-refractivity contribution < 1.29 is 13.9 Å². The van der Waals surface area contributed by atoms with E-state index >= 15 is 0 Å². The Morgan fingerprint density at radius 2 is 1.91 bits per heavy atom. The number of halogens is 1. The minimum Gasteiger partial charge on any atom is -0.488 e. The number of likely N-dealkylation sites (tertiary alicyclic amines) is 1. The molecule has 1 aromatic carbocycles. The van der Waals surface area contributed by atoms with Crippen LogP contribution in [0.1, 0.15) is 60.2 Å². The van der Waals surface area contributed by atoms with Gasteiger partial charge in [0, 0.05) is 12.1 Å². The quantitative estimate of drug-likeness (QED) is 0.474. The molecule has 186 valence electrons. The first kappa shape index (κ1) is 23.9. The molecule has 3 heterocycles. The highest BCUT2D eigenvalue weighted by Gasteiger charge is 2.24. The molecule has 3 aromatic rings. The number of hydrogen-bond donors (Lipinski definition) is 2. The number of rotatable bonds is 6. The van der Waals surface area contributed by atoms with E-state index in [1.54, 1.807) is 6.07 Å². The van der Waals surface area contributed by atoms with Crippen LogP contribution in [0.4, 0.5) is 15.9 Å². The SMILES string of the molecule is Cc1c(C(=O)NC2CCN(C)CC2)sc2ncnc(Nc3ccc(F)cc3OC3CCCCC3)c12. The molecule has 2 N–H and O–H groups in total. The van der Waals surface area contributed by atoms with Crippen molar-refractivity contribution in [1.82, 2.24) is 20.2 Å². The molecule has 0 radical (unpaired) electrons. The Balaban J connectivity index is 1.40. The molecule has 2 aromatic heterocycles. The fourth-order valence-electron chi connectivity index (χ4n) is 4.97. The van der Waals surface area contributed by atoms with Crippen LogP contribution in [-0.2, 0) is 0 Å². The summed E-state index contributed by atoms with van der Waals surface area (Å²) in [5.74, 6) is 0.668. The number of amides is 1. The van der Waals surface area contributed by atoms with E-state index in [4.69, 9.17) is 4.74 Å². The number of hydrogen-bond acceptors (Lipinski definition) is 7. The van der Waals surface area contributed by atoms with Crippen LogP contribution >= 0.6 is 11.3 Å². The second-order valence-corrected chi connectivity index (χ2v) is 10.7. The maximum atomic E-state index is 14.1. The van der Waals surface area contributed by atoms with Gasteiger partial charge in [-0.3, -0.25) is 4.79 Å². The molecule has 1 amide bonds. The van der Waals surface area contributed by atoms with Gasteiger partial charge in [0.05, 0.1) is 22.1 Å². The Labute approximate surface area is 209 Å². The van der Waals surface area contributed by atoms with Gasteiger partial charge in [-0.05, 0) is 83.3 Å². The molecule has 0 bridgehead atoms. The molecular formula is C26H32FN5O2S. The molecule has 1 aliphatic heterocycles. The summed E-state index contributed by atoms with van der Waals surface area (Å²) in [6.07, 6.45) is 8.93. The molecule has 35 heavy (non-hydrogen) atoms. The lowest BCUT2D eigenvalue weighted by Crippen LogP contribution is -2.43. The topological polar surface area (TPSA) is 79.4 Å². The summed E-state index contributed by atoms with van der Waals surface area (Å²) < 4.78 is 20.3. The first-order chi connectivity index (χ1) is 17.0. The fourth-order valence-corrected chi connectivity index (χ4v) is 6.03. The number of carbonyl (C=O) groups excluding carboxylic acids is 1. The highest BCUT2D eigenvalue weighted by atomic mass is 32.1. The zero-order chi connectivity index (χ0) is 24.4. The molecule has 2 fully saturated rings. The standard InChI is InChI=1S/C26H32FN5O2S/c1-16-22-24(31-20-9-8-17(27)14-21(20)34-19-6-4-3-5-7-19)28-15-29-26(22)35-23(16)25(33)30-18-10-12-32(2)13-11-18/h8-9,14-15,18-19H,3-7,10-13H2,1-2H3,(H,30,33)(H,28,29,31). The molecule has 5 rings (SSSR count). The largest absolute Gasteiger partial charge is 0.488 e. The summed E-state index contributed by atoms with van der Waals surface area (Å²) in [7, 11) is 2.11. The van der Waals surface area contributed by atoms with Crippen LogP contribution in [0.5, 0.6) is 5.75 Å². The first-order valence-electron chi connectivity index (χ1n) is 12.4. The number of nitrogens with one attached hydrogen (secondary N) is 2. The lowest BCUT2D eigenvalue weighted by atomic mass is 9.98. The Morgan fingerprint density at radius 3 is 2.69 bits per heavy atom. The second kappa shape index (κ2) is 10.5. The van der Waals surface area contributed by atoms with Crippen molar-refractivity contribution in [3.05, 3.63) is 40.8 Å². The van der Waals surface area contributed by atoms with Gasteiger partial charge in [0.15, 0.2) is 0 Å². The van der Waals surface area contributed by atoms with Crippen molar-refractivity contribution in [2.75, 3.05) is 25.5 Å². The van der Waals surface area contributed by atoms with Gasteiger partial charge in [0.1, 0.15) is 28.5 Å². The normalized spacial score (nSPS) is 18.0. The molecule has 2 aliphatic rings. The van der Waals surface area contributed by atoms with Crippen molar-refractivity contribution in [1.29, 1.82) is 0 Å². The van der Waals surface area contributed by atoms with Crippen LogP contribution in [0.25, 0.3) is 10.2 Å². The van der Waals surface area contributed by atoms with Crippen LogP contribution in [0.2, 0.25) is 0 Å². The van der Waals surface area contributed by atoms with E-state index in [0.717, 1.165) is 67.4 Å². The van der Waals surface area contributed by atoms with E-state index in [-0.39, 0.29) is 23.9 Å². The van der Waals surface area contributed by atoms with Crippen LogP contribution < -0.4 is 15.4 Å². The fraction of sp³-hybridized carbons (Fsp3) is 0.500. The van der Waals surface area contributed by atoms with Crippen molar-refractivity contribution in [3.63, 3.8) is 0 Å². The number of carbonyl (C=O) groups is 1. The van der Waals surface area contributed by atoms with Crippen molar-refractivity contribution >= 4 is 39.0 Å². The van der Waals surface area contributed by atoms with E-state index in [9.17, 15) is 9.18 Å². The molecule has 0 atom stereocenters. The lowest BCUT2D eigenvalue weighted by Gasteiger charge is -2.29. The van der Waals surface area contributed by atoms with E-state index in [0.29, 0.717) is 22.1 Å². The minimum atomic E-state index is -0.339. The number of aromatic nitrogens is 2. The van der Waals surface area contributed by atoms with Gasteiger partial charge in [0.25, 0.3) is 5.91 Å². The van der Waals surface area contributed by atoms with E-state index in [2.05, 4.69) is 32.5 Å². The molecular weight excluding hydrogens is 465 g/mol. The van der Waals surface area contributed by atoms with E-state index < -0.39 is 0 Å². The third-order valence-electron chi connectivity index (χ3n) is 7.03. The third kappa shape index (κ3) is 5.41. The van der Waals surface area contributed by atoms with Crippen molar-refractivity contribution in [2.45, 2.75) is 64.0 Å². The number of benzene rings is 1. The van der Waals surface area contributed by atoms with Gasteiger partial charge in [-0.2, -0.15) is 0 Å². The predicted octanol–water partition coefficient (Wildman–Crippen LogP) is 5.42. The summed E-state index contributed by atoms with van der Waals surface area (Å²) in [4.78, 5) is 25.7. The number of piperidine rings is 1. The van der Waals surface area contributed by atoms with Crippen LogP contribution in [0.3, 0.4) is 0 Å². The van der Waals surface area contributed by atoms with Gasteiger partial charge in [-0.25, -0.2) is 14.4 Å². The number of anilines is 2. The zero-order valence-electron chi connectivity index (χ0n) is 20.3. The molecule has 0 unspecified atom stereocenters. The minimum absolute atomic E-state index is 0.0610. The summed E-state index contributed by atoms with van der Waals surface area (Å²) in [5, 5.41) is 7.34. The molecule has 0 spiro atoms. The van der Waals surface area contributed by atoms with Gasteiger partial charge >= 0.3 is 0 Å². The maximum absolute atomic E-state index is 14.1. The highest BCUT2D eigenvalue weighted by molar-refractivity contribution is 7.20. The van der Waals surface area contributed by atoms with Crippen LogP contribution in [0, 0.1) is 12.7 Å². The summed E-state index contributed by atoms with van der Waals surface area (Å²) in [5.41, 5.74) is 1.50. The maximum Gasteiger partial charge on any atom is 0.261 e. The predicted molar refractivity (Wildman–Crippen MR) is 137 cm³/mol. The van der Waals surface area contributed by atoms with Gasteiger partial charge in [-0.1, -0.05) is 6.42 Å². The Bertz CT molecular complexity index is 1200. The average Bonchev–Trinajstić information content (AvgIpc) is 3.20. The number of nitrogens with zero attached hydrogens (tertiary/aromatic N) is 3. The smallest absolute Gasteiger partial charge is 0.261 e. The third-order valence-corrected chi connectivity index (χ3v) is 8.23. The van der Waals surface area contributed by atoms with Gasteiger partial charge in [-0.15, -0.1) is 11.3 Å². The zero-order valence-corrected chi connectivity index (χ0v) is 21.1. The Kier molecular flexibility index (Phi) is 7.15. The molecule has 7 nitrogen and oxygen atoms in total. The average molecular weight is 498 g/mol. The Hall–Kier alpha value is -2.78. The van der Waals surface area contributed by atoms with Crippen molar-refractivity contribution in [3.8, 4) is 5.75 Å². The first-order valence-corrected chi connectivity index (χ1v) is 13.3. The molecule has 1 aliphatic carbocycles. The summed E-state index contributed by atoms with van der Waals surface area (Å²) in [6.45, 7) is 3.90. The number of fused-ring (bicyclic) bond motifs is 1. The van der Waals surface area contributed by atoms with Gasteiger partial charge < -0.3 is 20.3 Å². The van der Waals surface area contributed by atoms with Crippen LogP contribution in [0.15, 0.2) is 24.5 Å². The number of ether oxygens (including phenoxy) is 1. The number of thiophene rings is 1. The number of aryl methyl sites for hydroxylation is 1. The second-order valence-electron chi connectivity index (χ2n) is 9.65. The highest BCUT2D eigenvalue weighted by Crippen LogP contribution is 2.37. The van der Waals surface area contributed by atoms with E-state index in [1.165, 1.54) is 36.2 Å². The van der Waals surface area contributed by atoms with E-state index in [1.807, 2.05) is 6.92 Å². The van der Waals surface area contributed by atoms with Crippen LogP contribution in [-0.4, -0.2) is 53.1 Å². The lowest BCUT2D eigenvalue weighted by molar-refractivity contribution is 0.0920. The Morgan fingerprint density at radius 1 is 1.14 bits per heavy atom. The monoisotopic (exact) mass is 497 g/mol. The summed E-state index contributed by atoms with van der Waals surface area (Å²) >= 11 is 1.38. The molecule has 1 saturated carbocycles. The summed E-state index contributed by atoms with van der Waals surface area (Å²) in [6, 6.07) is 4.70. The van der Waals surface area contributed by atoms with Crippen molar-refractivity contribution in [2.24, 2.45) is 0 Å². The molecule has 9 heteroatoms. The van der Waals surface area contributed by atoms with Gasteiger partial charge in [0.2, 0.25) is 0 Å². The molecule has 1 saturated heterocycles.